The van der Waals surface area contributed by atoms with Crippen molar-refractivity contribution >= 4 is 5.97 Å². The summed E-state index contributed by atoms with van der Waals surface area (Å²) in [7, 11) is 3.01. The van der Waals surface area contributed by atoms with Gasteiger partial charge < -0.3 is 18.6 Å². The van der Waals surface area contributed by atoms with Crippen molar-refractivity contribution < 1.29 is 23.4 Å². The lowest BCUT2D eigenvalue weighted by Crippen LogP contribution is -2.06. The zero-order valence-corrected chi connectivity index (χ0v) is 16.2. The van der Waals surface area contributed by atoms with Crippen molar-refractivity contribution in [1.82, 2.24) is 4.98 Å². The Balaban J connectivity index is 1.60. The molecule has 3 rings (SSSR count). The molecule has 28 heavy (non-hydrogen) atoms. The van der Waals surface area contributed by atoms with E-state index in [1.54, 1.807) is 7.11 Å². The van der Waals surface area contributed by atoms with Crippen LogP contribution in [0.5, 0.6) is 11.5 Å². The lowest BCUT2D eigenvalue weighted by atomic mass is 10.1. The van der Waals surface area contributed by atoms with Crippen LogP contribution in [0.3, 0.4) is 0 Å². The summed E-state index contributed by atoms with van der Waals surface area (Å²) in [5.41, 5.74) is 2.60. The van der Waals surface area contributed by atoms with Crippen LogP contribution < -0.4 is 9.47 Å². The number of ether oxygens (including phenoxy) is 3. The number of esters is 1. The molecule has 1 heterocycles. The van der Waals surface area contributed by atoms with Gasteiger partial charge >= 0.3 is 5.97 Å². The fourth-order valence-electron chi connectivity index (χ4n) is 2.77. The molecule has 0 bridgehead atoms. The number of carbonyl (C=O) groups excluding carboxylic acids is 1. The largest absolute Gasteiger partial charge is 0.497 e. The van der Waals surface area contributed by atoms with Gasteiger partial charge in [-0.15, -0.1) is 0 Å². The first-order valence-electron chi connectivity index (χ1n) is 8.98. The van der Waals surface area contributed by atoms with E-state index >= 15 is 0 Å². The van der Waals surface area contributed by atoms with Crippen molar-refractivity contribution in [2.24, 2.45) is 0 Å². The van der Waals surface area contributed by atoms with Crippen molar-refractivity contribution in [1.29, 1.82) is 0 Å². The second-order valence-electron chi connectivity index (χ2n) is 6.25. The minimum atomic E-state index is -0.276. The van der Waals surface area contributed by atoms with E-state index in [2.05, 4.69) is 4.98 Å². The number of aromatic nitrogens is 1. The topological polar surface area (TPSA) is 70.8 Å². The first-order valence-corrected chi connectivity index (χ1v) is 8.98. The van der Waals surface area contributed by atoms with Crippen molar-refractivity contribution in [2.45, 2.75) is 19.8 Å². The second-order valence-corrected chi connectivity index (χ2v) is 6.25. The Morgan fingerprint density at radius 1 is 1.07 bits per heavy atom. The zero-order valence-electron chi connectivity index (χ0n) is 16.2. The van der Waals surface area contributed by atoms with E-state index in [4.69, 9.17) is 18.6 Å². The van der Waals surface area contributed by atoms with Crippen LogP contribution >= 0.6 is 0 Å². The Morgan fingerprint density at radius 2 is 1.86 bits per heavy atom. The van der Waals surface area contributed by atoms with E-state index in [9.17, 15) is 4.79 Å². The van der Waals surface area contributed by atoms with E-state index in [0.717, 1.165) is 28.3 Å². The molecule has 3 aromatic rings. The van der Waals surface area contributed by atoms with Crippen LogP contribution in [-0.2, 0) is 22.4 Å². The number of hydrogen-bond acceptors (Lipinski definition) is 6. The minimum absolute atomic E-state index is 0.224. The van der Waals surface area contributed by atoms with E-state index in [1.165, 1.54) is 7.11 Å². The molecule has 0 unspecified atom stereocenters. The van der Waals surface area contributed by atoms with Crippen LogP contribution in [0.15, 0.2) is 52.9 Å². The summed E-state index contributed by atoms with van der Waals surface area (Å²) in [5, 5.41) is 0. The third-order valence-electron chi connectivity index (χ3n) is 4.31. The van der Waals surface area contributed by atoms with E-state index < -0.39 is 0 Å². The van der Waals surface area contributed by atoms with Gasteiger partial charge in [0.1, 0.15) is 17.3 Å². The quantitative estimate of drug-likeness (QED) is 0.550. The maximum atomic E-state index is 11.4. The van der Waals surface area contributed by atoms with Crippen molar-refractivity contribution in [3.8, 4) is 23.0 Å². The molecule has 0 fully saturated rings. The summed E-state index contributed by atoms with van der Waals surface area (Å²) >= 11 is 0. The molecule has 0 atom stereocenters. The fraction of sp³-hybridized carbons (Fsp3) is 0.273. The number of aryl methyl sites for hydroxylation is 1. The number of oxazole rings is 1. The molecule has 146 valence electrons. The molecule has 0 aliphatic rings. The van der Waals surface area contributed by atoms with Gasteiger partial charge in [-0.1, -0.05) is 12.1 Å². The summed E-state index contributed by atoms with van der Waals surface area (Å²) in [6.07, 6.45) is 0.841. The summed E-state index contributed by atoms with van der Waals surface area (Å²) in [6, 6.07) is 15.0. The highest BCUT2D eigenvalue weighted by Gasteiger charge is 2.12. The lowest BCUT2D eigenvalue weighted by Gasteiger charge is -2.07. The monoisotopic (exact) mass is 381 g/mol. The molecule has 0 saturated carbocycles. The highest BCUT2D eigenvalue weighted by molar-refractivity contribution is 5.72. The number of benzene rings is 2. The number of methoxy groups -OCH3 is 2. The van der Waals surface area contributed by atoms with Gasteiger partial charge in [0.2, 0.25) is 5.89 Å². The van der Waals surface area contributed by atoms with Gasteiger partial charge in [0, 0.05) is 12.0 Å². The summed E-state index contributed by atoms with van der Waals surface area (Å²) in [6.45, 7) is 2.35. The molecule has 1 aromatic heterocycles. The normalized spacial score (nSPS) is 10.5. The molecule has 0 radical (unpaired) electrons. The Morgan fingerprint density at radius 3 is 2.57 bits per heavy atom. The maximum Gasteiger partial charge on any atom is 0.309 e. The van der Waals surface area contributed by atoms with Gasteiger partial charge in [-0.3, -0.25) is 4.79 Å². The standard InChI is InChI=1S/C22H23NO5/c1-15-20(23-22(28-15)17-7-9-18(25-2)10-8-17)11-12-27-19-6-4-5-16(13-19)14-21(24)26-3/h4-10,13H,11-12,14H2,1-3H3. The minimum Gasteiger partial charge on any atom is -0.497 e. The fourth-order valence-corrected chi connectivity index (χ4v) is 2.77. The first kappa shape index (κ1) is 19.5. The van der Waals surface area contributed by atoms with E-state index in [1.807, 2.05) is 55.5 Å². The molecule has 0 amide bonds. The molecular weight excluding hydrogens is 358 g/mol. The molecule has 6 heteroatoms. The highest BCUT2D eigenvalue weighted by atomic mass is 16.5. The van der Waals surface area contributed by atoms with Gasteiger partial charge in [-0.05, 0) is 48.9 Å². The van der Waals surface area contributed by atoms with E-state index in [0.29, 0.717) is 24.7 Å². The Labute approximate surface area is 164 Å². The van der Waals surface area contributed by atoms with Gasteiger partial charge in [0.05, 0.1) is 32.9 Å². The summed E-state index contributed by atoms with van der Waals surface area (Å²) < 4.78 is 21.5. The smallest absolute Gasteiger partial charge is 0.309 e. The number of rotatable bonds is 8. The Hall–Kier alpha value is -3.28. The molecule has 0 aliphatic carbocycles. The Kier molecular flexibility index (Phi) is 6.32. The lowest BCUT2D eigenvalue weighted by molar-refractivity contribution is -0.139. The van der Waals surface area contributed by atoms with Crippen molar-refractivity contribution in [2.75, 3.05) is 20.8 Å². The van der Waals surface area contributed by atoms with Gasteiger partial charge in [0.15, 0.2) is 0 Å². The number of hydrogen-bond donors (Lipinski definition) is 0. The molecule has 2 aromatic carbocycles. The molecule has 0 N–H and O–H groups in total. The van der Waals surface area contributed by atoms with E-state index in [-0.39, 0.29) is 12.4 Å². The van der Waals surface area contributed by atoms with Crippen LogP contribution in [0.1, 0.15) is 17.0 Å². The predicted octanol–water partition coefficient (Wildman–Crippen LogP) is 4.00. The van der Waals surface area contributed by atoms with Crippen LogP contribution in [0.4, 0.5) is 0 Å². The third kappa shape index (κ3) is 4.91. The highest BCUT2D eigenvalue weighted by Crippen LogP contribution is 2.24. The average molecular weight is 381 g/mol. The number of nitrogens with zero attached hydrogens (tertiary/aromatic N) is 1. The summed E-state index contributed by atoms with van der Waals surface area (Å²) in [4.78, 5) is 16.0. The van der Waals surface area contributed by atoms with Gasteiger partial charge in [-0.2, -0.15) is 0 Å². The van der Waals surface area contributed by atoms with Crippen molar-refractivity contribution in [3.63, 3.8) is 0 Å². The predicted molar refractivity (Wildman–Crippen MR) is 105 cm³/mol. The summed E-state index contributed by atoms with van der Waals surface area (Å²) in [5.74, 6) is 2.57. The van der Waals surface area contributed by atoms with Crippen molar-refractivity contribution in [3.05, 3.63) is 65.5 Å². The molecule has 0 saturated heterocycles. The van der Waals surface area contributed by atoms with Crippen LogP contribution in [0, 0.1) is 6.92 Å². The first-order chi connectivity index (χ1) is 13.6. The second kappa shape index (κ2) is 9.08. The third-order valence-corrected chi connectivity index (χ3v) is 4.31. The number of carbonyl (C=O) groups is 1. The van der Waals surface area contributed by atoms with Crippen LogP contribution in [0.2, 0.25) is 0 Å². The molecular formula is C22H23NO5. The molecule has 6 nitrogen and oxygen atoms in total. The van der Waals surface area contributed by atoms with Gasteiger partial charge in [0.25, 0.3) is 0 Å². The van der Waals surface area contributed by atoms with Crippen LogP contribution in [-0.4, -0.2) is 31.8 Å². The zero-order chi connectivity index (χ0) is 19.9. The molecule has 0 spiro atoms. The Bertz CT molecular complexity index is 930. The maximum absolute atomic E-state index is 11.4. The SMILES string of the molecule is COC(=O)Cc1cccc(OCCc2nc(-c3ccc(OC)cc3)oc2C)c1. The van der Waals surface area contributed by atoms with Gasteiger partial charge in [-0.25, -0.2) is 4.98 Å². The molecule has 0 aliphatic heterocycles. The van der Waals surface area contributed by atoms with Crippen LogP contribution in [0.25, 0.3) is 11.5 Å². The average Bonchev–Trinajstić information content (AvgIpc) is 3.09.